The first-order valence-corrected chi connectivity index (χ1v) is 3.43. The lowest BCUT2D eigenvalue weighted by Crippen LogP contribution is -2.33. The van der Waals surface area contributed by atoms with E-state index in [2.05, 4.69) is 5.32 Å². The van der Waals surface area contributed by atoms with E-state index in [9.17, 15) is 4.79 Å². The molecule has 0 bridgehead atoms. The number of hydrogen-bond acceptors (Lipinski definition) is 3. The van der Waals surface area contributed by atoms with Crippen LogP contribution in [0.2, 0.25) is 0 Å². The molecule has 0 rings (SSSR count). The third-order valence-corrected chi connectivity index (χ3v) is 1.16. The number of aliphatic hydroxyl groups is 1. The molecule has 2 N–H and O–H groups in total. The second kappa shape index (κ2) is 4.69. The van der Waals surface area contributed by atoms with Crippen LogP contribution in [0.15, 0.2) is 0 Å². The summed E-state index contributed by atoms with van der Waals surface area (Å²) >= 11 is 0. The van der Waals surface area contributed by atoms with Gasteiger partial charge in [0.25, 0.3) is 0 Å². The van der Waals surface area contributed by atoms with E-state index in [-0.39, 0.29) is 12.5 Å². The number of hydrogen-bond donors (Lipinski definition) is 2. The minimum absolute atomic E-state index is 0.199. The van der Waals surface area contributed by atoms with Gasteiger partial charge in [-0.1, -0.05) is 0 Å². The molecule has 0 saturated heterocycles. The highest BCUT2D eigenvalue weighted by Crippen LogP contribution is 1.90. The standard InChI is InChI=1S/C7H12N2O2/c1-5(3-8)7(11)9-4-6(2)10/h5-6,10H,4H2,1-2H3,(H,9,11)/t5?,6-/m1/s1. The predicted octanol–water partition coefficient (Wildman–Crippen LogP) is -0.357. The van der Waals surface area contributed by atoms with Crippen LogP contribution in [0, 0.1) is 17.2 Å². The quantitative estimate of drug-likeness (QED) is 0.586. The summed E-state index contributed by atoms with van der Waals surface area (Å²) in [6.07, 6.45) is -0.565. The third-order valence-electron chi connectivity index (χ3n) is 1.16. The Hall–Kier alpha value is -1.08. The molecule has 0 fully saturated rings. The molecule has 0 heterocycles. The molecule has 0 spiro atoms. The molecule has 0 aliphatic heterocycles. The van der Waals surface area contributed by atoms with Crippen molar-refractivity contribution in [2.24, 2.45) is 5.92 Å². The first-order valence-electron chi connectivity index (χ1n) is 3.43. The molecule has 62 valence electrons. The molecule has 0 aliphatic carbocycles. The van der Waals surface area contributed by atoms with Gasteiger partial charge in [-0.15, -0.1) is 0 Å². The molecule has 0 radical (unpaired) electrons. The number of carbonyl (C=O) groups is 1. The van der Waals surface area contributed by atoms with Crippen LogP contribution in [0.5, 0.6) is 0 Å². The van der Waals surface area contributed by atoms with Crippen LogP contribution in [0.4, 0.5) is 0 Å². The van der Waals surface area contributed by atoms with E-state index >= 15 is 0 Å². The van der Waals surface area contributed by atoms with Crippen molar-refractivity contribution in [1.29, 1.82) is 5.26 Å². The second-order valence-corrected chi connectivity index (χ2v) is 2.44. The topological polar surface area (TPSA) is 73.1 Å². The highest BCUT2D eigenvalue weighted by atomic mass is 16.3. The summed E-state index contributed by atoms with van der Waals surface area (Å²) < 4.78 is 0. The van der Waals surface area contributed by atoms with Crippen molar-refractivity contribution in [3.8, 4) is 6.07 Å². The summed E-state index contributed by atoms with van der Waals surface area (Å²) in [5.41, 5.74) is 0. The Labute approximate surface area is 65.8 Å². The van der Waals surface area contributed by atoms with Crippen LogP contribution in [-0.4, -0.2) is 23.7 Å². The van der Waals surface area contributed by atoms with E-state index < -0.39 is 12.0 Å². The third kappa shape index (κ3) is 4.34. The van der Waals surface area contributed by atoms with E-state index in [1.165, 1.54) is 6.92 Å². The number of aliphatic hydroxyl groups excluding tert-OH is 1. The zero-order valence-corrected chi connectivity index (χ0v) is 6.66. The molecule has 4 nitrogen and oxygen atoms in total. The van der Waals surface area contributed by atoms with Crippen LogP contribution in [-0.2, 0) is 4.79 Å². The van der Waals surface area contributed by atoms with Gasteiger partial charge in [0.1, 0.15) is 5.92 Å². The van der Waals surface area contributed by atoms with E-state index in [4.69, 9.17) is 10.4 Å². The molecular formula is C7H12N2O2. The van der Waals surface area contributed by atoms with Gasteiger partial charge in [-0.2, -0.15) is 5.26 Å². The fraction of sp³-hybridized carbons (Fsp3) is 0.714. The Bertz CT molecular complexity index is 172. The van der Waals surface area contributed by atoms with Gasteiger partial charge in [-0.05, 0) is 13.8 Å². The maximum absolute atomic E-state index is 10.8. The van der Waals surface area contributed by atoms with Gasteiger partial charge in [-0.3, -0.25) is 4.79 Å². The average molecular weight is 156 g/mol. The predicted molar refractivity (Wildman–Crippen MR) is 39.5 cm³/mol. The number of amides is 1. The largest absolute Gasteiger partial charge is 0.392 e. The molecule has 0 saturated carbocycles. The fourth-order valence-electron chi connectivity index (χ4n) is 0.460. The van der Waals surface area contributed by atoms with E-state index in [1.807, 2.05) is 0 Å². The van der Waals surface area contributed by atoms with Gasteiger partial charge < -0.3 is 10.4 Å². The van der Waals surface area contributed by atoms with Crippen molar-refractivity contribution in [3.63, 3.8) is 0 Å². The van der Waals surface area contributed by atoms with Gasteiger partial charge in [0.15, 0.2) is 0 Å². The van der Waals surface area contributed by atoms with Gasteiger partial charge in [0.2, 0.25) is 5.91 Å². The van der Waals surface area contributed by atoms with E-state index in [0.717, 1.165) is 0 Å². The van der Waals surface area contributed by atoms with Crippen molar-refractivity contribution < 1.29 is 9.90 Å². The molecule has 0 aromatic rings. The van der Waals surface area contributed by atoms with Gasteiger partial charge in [0, 0.05) is 6.54 Å². The number of nitriles is 1. The molecule has 0 aliphatic rings. The SMILES string of the molecule is CC(C#N)C(=O)NC[C@@H](C)O. The zero-order chi connectivity index (χ0) is 8.85. The fourth-order valence-corrected chi connectivity index (χ4v) is 0.460. The van der Waals surface area contributed by atoms with Gasteiger partial charge in [-0.25, -0.2) is 0 Å². The molecular weight excluding hydrogens is 144 g/mol. The monoisotopic (exact) mass is 156 g/mol. The Morgan fingerprint density at radius 1 is 1.73 bits per heavy atom. The van der Waals surface area contributed by atoms with Crippen LogP contribution < -0.4 is 5.32 Å². The van der Waals surface area contributed by atoms with Crippen LogP contribution in [0.1, 0.15) is 13.8 Å². The molecule has 0 aromatic carbocycles. The van der Waals surface area contributed by atoms with Crippen LogP contribution in [0.3, 0.4) is 0 Å². The molecule has 1 unspecified atom stereocenters. The smallest absolute Gasteiger partial charge is 0.237 e. The summed E-state index contributed by atoms with van der Waals surface area (Å²) in [7, 11) is 0. The van der Waals surface area contributed by atoms with Crippen molar-refractivity contribution in [1.82, 2.24) is 5.32 Å². The molecule has 2 atom stereocenters. The first kappa shape index (κ1) is 9.92. The van der Waals surface area contributed by atoms with Crippen molar-refractivity contribution in [3.05, 3.63) is 0 Å². The maximum atomic E-state index is 10.8. The Balaban J connectivity index is 3.63. The Morgan fingerprint density at radius 3 is 2.64 bits per heavy atom. The van der Waals surface area contributed by atoms with Crippen molar-refractivity contribution in [2.75, 3.05) is 6.54 Å². The number of rotatable bonds is 3. The van der Waals surface area contributed by atoms with Gasteiger partial charge in [0.05, 0.1) is 12.2 Å². The number of carbonyl (C=O) groups excluding carboxylic acids is 1. The normalized spacial score (nSPS) is 14.7. The highest BCUT2D eigenvalue weighted by molar-refractivity contribution is 5.80. The second-order valence-electron chi connectivity index (χ2n) is 2.44. The van der Waals surface area contributed by atoms with E-state index in [1.54, 1.807) is 13.0 Å². The minimum atomic E-state index is -0.645. The summed E-state index contributed by atoms with van der Waals surface area (Å²) in [4.78, 5) is 10.8. The first-order chi connectivity index (χ1) is 5.07. The van der Waals surface area contributed by atoms with Crippen LogP contribution in [0.25, 0.3) is 0 Å². The molecule has 4 heteroatoms. The summed E-state index contributed by atoms with van der Waals surface area (Å²) in [6, 6.07) is 1.79. The van der Waals surface area contributed by atoms with Crippen molar-refractivity contribution in [2.45, 2.75) is 20.0 Å². The van der Waals surface area contributed by atoms with Crippen molar-refractivity contribution >= 4 is 5.91 Å². The number of nitrogens with one attached hydrogen (secondary N) is 1. The Morgan fingerprint density at radius 2 is 2.27 bits per heavy atom. The minimum Gasteiger partial charge on any atom is -0.392 e. The highest BCUT2D eigenvalue weighted by Gasteiger charge is 2.10. The van der Waals surface area contributed by atoms with E-state index in [0.29, 0.717) is 0 Å². The molecule has 11 heavy (non-hydrogen) atoms. The lowest BCUT2D eigenvalue weighted by atomic mass is 10.2. The Kier molecular flexibility index (Phi) is 4.23. The maximum Gasteiger partial charge on any atom is 0.237 e. The zero-order valence-electron chi connectivity index (χ0n) is 6.66. The lowest BCUT2D eigenvalue weighted by Gasteiger charge is -2.07. The summed E-state index contributed by atoms with van der Waals surface area (Å²) in [6.45, 7) is 3.28. The molecule has 0 aromatic heterocycles. The van der Waals surface area contributed by atoms with Crippen LogP contribution >= 0.6 is 0 Å². The summed E-state index contributed by atoms with van der Waals surface area (Å²) in [5.74, 6) is -0.984. The number of nitrogens with zero attached hydrogens (tertiary/aromatic N) is 1. The van der Waals surface area contributed by atoms with Gasteiger partial charge >= 0.3 is 0 Å². The lowest BCUT2D eigenvalue weighted by molar-refractivity contribution is -0.123. The summed E-state index contributed by atoms with van der Waals surface area (Å²) in [5, 5.41) is 19.5. The average Bonchev–Trinajstić information content (AvgIpc) is 1.98. The molecule has 1 amide bonds.